The summed E-state index contributed by atoms with van der Waals surface area (Å²) in [7, 11) is 1.87. The number of carbonyl (C=O) groups is 2. The second-order valence-electron chi connectivity index (χ2n) is 11.4. The van der Waals surface area contributed by atoms with Gasteiger partial charge in [0.05, 0.1) is 28.6 Å². The number of hydrogen-bond donors (Lipinski definition) is 1. The van der Waals surface area contributed by atoms with Gasteiger partial charge in [-0.3, -0.25) is 9.59 Å². The second-order valence-corrected chi connectivity index (χ2v) is 11.4. The molecule has 7 heteroatoms. The Kier molecular flexibility index (Phi) is 5.41. The number of carboxylic acid groups (broad SMARTS) is 1. The van der Waals surface area contributed by atoms with E-state index in [1.807, 2.05) is 46.8 Å². The molecule has 0 spiro atoms. The molecule has 39 heavy (non-hydrogen) atoms. The number of amides is 1. The second kappa shape index (κ2) is 8.76. The van der Waals surface area contributed by atoms with Crippen molar-refractivity contribution in [3.05, 3.63) is 88.2 Å². The molecule has 3 atom stereocenters. The third kappa shape index (κ3) is 3.94. The lowest BCUT2D eigenvalue weighted by molar-refractivity contribution is -0.138. The van der Waals surface area contributed by atoms with E-state index < -0.39 is 17.7 Å². The molecule has 0 radical (unpaired) electrons. The SMILES string of the molecule is C[C@@H]1c2ccccc2CCN1C(=O)c1cc(C2CC2)c2nc(-c3ccc(C4C[C@@H]4C(=O)O)cc3F)n(C)c2c1. The predicted octanol–water partition coefficient (Wildman–Crippen LogP) is 6.20. The fourth-order valence-electron chi connectivity index (χ4n) is 6.38. The largest absolute Gasteiger partial charge is 0.481 e. The van der Waals surface area contributed by atoms with Crippen molar-refractivity contribution in [1.29, 1.82) is 0 Å². The fourth-order valence-corrected chi connectivity index (χ4v) is 6.38. The van der Waals surface area contributed by atoms with Gasteiger partial charge in [0, 0.05) is 19.2 Å². The molecule has 1 amide bonds. The van der Waals surface area contributed by atoms with Gasteiger partial charge in [-0.25, -0.2) is 9.37 Å². The molecule has 0 saturated heterocycles. The number of aromatic nitrogens is 2. The van der Waals surface area contributed by atoms with E-state index in [4.69, 9.17) is 4.98 Å². The molecule has 3 aromatic carbocycles. The van der Waals surface area contributed by atoms with Gasteiger partial charge in [0.2, 0.25) is 0 Å². The summed E-state index contributed by atoms with van der Waals surface area (Å²) >= 11 is 0. The Balaban J connectivity index is 1.27. The molecule has 0 bridgehead atoms. The van der Waals surface area contributed by atoms with E-state index in [-0.39, 0.29) is 17.9 Å². The minimum absolute atomic E-state index is 0.00979. The van der Waals surface area contributed by atoms with Crippen LogP contribution in [0.15, 0.2) is 54.6 Å². The van der Waals surface area contributed by atoms with Crippen LogP contribution in [0, 0.1) is 11.7 Å². The van der Waals surface area contributed by atoms with Crippen LogP contribution in [-0.4, -0.2) is 38.0 Å². The van der Waals surface area contributed by atoms with Crippen molar-refractivity contribution in [2.45, 2.75) is 50.5 Å². The molecule has 2 aliphatic carbocycles. The summed E-state index contributed by atoms with van der Waals surface area (Å²) in [5.41, 5.74) is 6.93. The molecule has 1 N–H and O–H groups in total. The predicted molar refractivity (Wildman–Crippen MR) is 146 cm³/mol. The zero-order valence-electron chi connectivity index (χ0n) is 22.0. The van der Waals surface area contributed by atoms with Crippen molar-refractivity contribution < 1.29 is 19.1 Å². The number of carbonyl (C=O) groups excluding carboxylic acids is 1. The lowest BCUT2D eigenvalue weighted by Gasteiger charge is -2.35. The molecule has 7 rings (SSSR count). The van der Waals surface area contributed by atoms with Gasteiger partial charge in [-0.1, -0.05) is 30.3 Å². The van der Waals surface area contributed by atoms with Crippen molar-refractivity contribution in [3.8, 4) is 11.4 Å². The number of benzene rings is 3. The number of nitrogens with zero attached hydrogens (tertiary/aromatic N) is 3. The van der Waals surface area contributed by atoms with Crippen LogP contribution in [0.2, 0.25) is 0 Å². The molecule has 4 aromatic rings. The van der Waals surface area contributed by atoms with E-state index in [0.29, 0.717) is 41.4 Å². The molecule has 1 unspecified atom stereocenters. The van der Waals surface area contributed by atoms with E-state index in [9.17, 15) is 14.7 Å². The standard InChI is InChI=1S/C32H30FN3O3/c1-17-22-6-4-3-5-18(22)11-12-36(17)31(37)21-13-25(19-7-8-19)29-28(15-21)35(2)30(34-29)23-10-9-20(14-27(23)33)24-16-26(24)32(38)39/h3-6,9-10,13-15,17,19,24,26H,7-8,11-12,16H2,1-2H3,(H,38,39)/t17-,24?,26+/m1/s1. The summed E-state index contributed by atoms with van der Waals surface area (Å²) in [5, 5.41) is 9.25. The minimum Gasteiger partial charge on any atom is -0.481 e. The molecular formula is C32H30FN3O3. The molecule has 1 aliphatic heterocycles. The van der Waals surface area contributed by atoms with Crippen molar-refractivity contribution in [2.24, 2.45) is 13.0 Å². The summed E-state index contributed by atoms with van der Waals surface area (Å²) in [6, 6.07) is 17.2. The Labute approximate surface area is 226 Å². The van der Waals surface area contributed by atoms with Crippen LogP contribution in [0.1, 0.15) is 76.7 Å². The zero-order valence-corrected chi connectivity index (χ0v) is 22.0. The number of rotatable bonds is 5. The highest BCUT2D eigenvalue weighted by atomic mass is 19.1. The molecule has 1 aromatic heterocycles. The quantitative estimate of drug-likeness (QED) is 0.338. The highest BCUT2D eigenvalue weighted by Gasteiger charge is 2.44. The highest BCUT2D eigenvalue weighted by Crippen LogP contribution is 2.48. The molecular weight excluding hydrogens is 493 g/mol. The number of imidazole rings is 1. The Bertz CT molecular complexity index is 1670. The first-order valence-corrected chi connectivity index (χ1v) is 13.7. The van der Waals surface area contributed by atoms with Crippen LogP contribution < -0.4 is 0 Å². The van der Waals surface area contributed by atoms with Gasteiger partial charge < -0.3 is 14.6 Å². The van der Waals surface area contributed by atoms with E-state index in [1.54, 1.807) is 6.07 Å². The Hall–Kier alpha value is -4.00. The van der Waals surface area contributed by atoms with Crippen molar-refractivity contribution in [3.63, 3.8) is 0 Å². The lowest BCUT2D eigenvalue weighted by Crippen LogP contribution is -2.38. The van der Waals surface area contributed by atoms with Crippen LogP contribution in [-0.2, 0) is 18.3 Å². The summed E-state index contributed by atoms with van der Waals surface area (Å²) in [6.45, 7) is 2.76. The normalized spacial score (nSPS) is 22.1. The average Bonchev–Trinajstić information content (AvgIpc) is 3.86. The molecule has 198 valence electrons. The van der Waals surface area contributed by atoms with Gasteiger partial charge in [-0.15, -0.1) is 0 Å². The van der Waals surface area contributed by atoms with E-state index in [2.05, 4.69) is 19.1 Å². The van der Waals surface area contributed by atoms with Crippen molar-refractivity contribution in [2.75, 3.05) is 6.54 Å². The van der Waals surface area contributed by atoms with Gasteiger partial charge in [0.25, 0.3) is 5.91 Å². The van der Waals surface area contributed by atoms with E-state index in [0.717, 1.165) is 35.9 Å². The monoisotopic (exact) mass is 523 g/mol. The molecule has 3 aliphatic rings. The first kappa shape index (κ1) is 24.1. The Morgan fingerprint density at radius 3 is 2.56 bits per heavy atom. The third-order valence-corrected chi connectivity index (χ3v) is 8.91. The summed E-state index contributed by atoms with van der Waals surface area (Å²) in [5.74, 6) is -0.932. The van der Waals surface area contributed by atoms with E-state index in [1.165, 1.54) is 17.2 Å². The zero-order chi connectivity index (χ0) is 27.0. The fraction of sp³-hybridized carbons (Fsp3) is 0.344. The van der Waals surface area contributed by atoms with Gasteiger partial charge >= 0.3 is 5.97 Å². The maximum absolute atomic E-state index is 15.4. The van der Waals surface area contributed by atoms with Gasteiger partial charge in [-0.2, -0.15) is 0 Å². The maximum Gasteiger partial charge on any atom is 0.307 e. The van der Waals surface area contributed by atoms with E-state index >= 15 is 4.39 Å². The van der Waals surface area contributed by atoms with Crippen LogP contribution in [0.25, 0.3) is 22.4 Å². The topological polar surface area (TPSA) is 75.4 Å². The number of carboxylic acids is 1. The number of halogens is 1. The minimum atomic E-state index is -0.832. The van der Waals surface area contributed by atoms with Crippen LogP contribution in [0.5, 0.6) is 0 Å². The number of aliphatic carboxylic acids is 1. The molecule has 2 heterocycles. The first-order chi connectivity index (χ1) is 18.8. The number of aryl methyl sites for hydroxylation is 1. The van der Waals surface area contributed by atoms with Gasteiger partial charge in [0.1, 0.15) is 11.6 Å². The lowest BCUT2D eigenvalue weighted by atomic mass is 9.92. The smallest absolute Gasteiger partial charge is 0.307 e. The highest BCUT2D eigenvalue weighted by molar-refractivity contribution is 5.99. The summed E-state index contributed by atoms with van der Waals surface area (Å²) < 4.78 is 17.3. The number of hydrogen-bond acceptors (Lipinski definition) is 3. The van der Waals surface area contributed by atoms with Crippen LogP contribution in [0.3, 0.4) is 0 Å². The first-order valence-electron chi connectivity index (χ1n) is 13.7. The molecule has 2 fully saturated rings. The third-order valence-electron chi connectivity index (χ3n) is 8.91. The van der Waals surface area contributed by atoms with Gasteiger partial charge in [-0.05, 0) is 91.0 Å². The number of fused-ring (bicyclic) bond motifs is 2. The van der Waals surface area contributed by atoms with Crippen LogP contribution >= 0.6 is 0 Å². The van der Waals surface area contributed by atoms with Crippen molar-refractivity contribution >= 4 is 22.9 Å². The Morgan fingerprint density at radius 2 is 1.85 bits per heavy atom. The molecule has 6 nitrogen and oxygen atoms in total. The maximum atomic E-state index is 15.4. The van der Waals surface area contributed by atoms with Gasteiger partial charge in [0.15, 0.2) is 0 Å². The van der Waals surface area contributed by atoms with Crippen LogP contribution in [0.4, 0.5) is 4.39 Å². The average molecular weight is 524 g/mol. The molecule has 2 saturated carbocycles. The summed E-state index contributed by atoms with van der Waals surface area (Å²) in [4.78, 5) is 32.0. The van der Waals surface area contributed by atoms with Crippen molar-refractivity contribution in [1.82, 2.24) is 14.5 Å². The summed E-state index contributed by atoms with van der Waals surface area (Å²) in [6.07, 6.45) is 3.50. The Morgan fingerprint density at radius 1 is 1.05 bits per heavy atom.